The quantitative estimate of drug-likeness (QED) is 0.800. The van der Waals surface area contributed by atoms with Crippen LogP contribution in [0.2, 0.25) is 0 Å². The average Bonchev–Trinajstić information content (AvgIpc) is 2.82. The van der Waals surface area contributed by atoms with Crippen molar-refractivity contribution in [2.75, 3.05) is 0 Å². The molecule has 1 aromatic heterocycles. The zero-order valence-corrected chi connectivity index (χ0v) is 13.5. The Labute approximate surface area is 129 Å². The lowest BCUT2D eigenvalue weighted by Gasteiger charge is -2.56. The monoisotopic (exact) mass is 306 g/mol. The Morgan fingerprint density at radius 2 is 1.81 bits per heavy atom. The molecule has 5 nitrogen and oxygen atoms in total. The minimum absolute atomic E-state index is 0.0206. The molecular formula is C15H22N4OS. The van der Waals surface area contributed by atoms with Crippen molar-refractivity contribution in [2.24, 2.45) is 30.2 Å². The smallest absolute Gasteiger partial charge is 0.209 e. The van der Waals surface area contributed by atoms with Crippen molar-refractivity contribution in [3.8, 4) is 0 Å². The van der Waals surface area contributed by atoms with Crippen molar-refractivity contribution in [2.45, 2.75) is 55.9 Å². The number of hydrogen-bond acceptors (Lipinski definition) is 5. The van der Waals surface area contributed by atoms with Crippen molar-refractivity contribution in [1.82, 2.24) is 20.2 Å². The molecule has 1 heterocycles. The highest BCUT2D eigenvalue weighted by atomic mass is 32.2. The molecule has 4 saturated carbocycles. The highest BCUT2D eigenvalue weighted by Crippen LogP contribution is 2.61. The highest BCUT2D eigenvalue weighted by molar-refractivity contribution is 8.00. The van der Waals surface area contributed by atoms with E-state index in [1.807, 2.05) is 14.0 Å². The molecule has 5 rings (SSSR count). The molecule has 4 bridgehead atoms. The van der Waals surface area contributed by atoms with Crippen LogP contribution in [0.1, 0.15) is 45.4 Å². The van der Waals surface area contributed by atoms with Crippen LogP contribution >= 0.6 is 11.8 Å². The maximum Gasteiger partial charge on any atom is 0.209 e. The SMILES string of the molecule is CC(Sc1nnnn1C)C(=O)C12CC3CC(CC(C3)C1)C2. The summed E-state index contributed by atoms with van der Waals surface area (Å²) in [5, 5.41) is 12.2. The lowest BCUT2D eigenvalue weighted by atomic mass is 9.48. The predicted octanol–water partition coefficient (Wildman–Crippen LogP) is 2.48. The van der Waals surface area contributed by atoms with Crippen molar-refractivity contribution < 1.29 is 4.79 Å². The Morgan fingerprint density at radius 3 is 2.29 bits per heavy atom. The molecule has 1 aromatic rings. The molecule has 4 fully saturated rings. The normalized spacial score (nSPS) is 38.7. The third-order valence-electron chi connectivity index (χ3n) is 5.79. The van der Waals surface area contributed by atoms with E-state index in [1.54, 1.807) is 4.68 Å². The van der Waals surface area contributed by atoms with Crippen LogP contribution in [0.15, 0.2) is 5.16 Å². The summed E-state index contributed by atoms with van der Waals surface area (Å²) in [6.45, 7) is 2.03. The van der Waals surface area contributed by atoms with Crippen molar-refractivity contribution >= 4 is 17.5 Å². The molecule has 4 aliphatic rings. The molecular weight excluding hydrogens is 284 g/mol. The van der Waals surface area contributed by atoms with Gasteiger partial charge in [0.25, 0.3) is 0 Å². The summed E-state index contributed by atoms with van der Waals surface area (Å²) in [5.41, 5.74) is -0.0206. The number of thioether (sulfide) groups is 1. The zero-order chi connectivity index (χ0) is 14.6. The number of aromatic nitrogens is 4. The largest absolute Gasteiger partial charge is 0.298 e. The molecule has 6 heteroatoms. The van der Waals surface area contributed by atoms with E-state index in [2.05, 4.69) is 15.5 Å². The van der Waals surface area contributed by atoms with Crippen LogP contribution in [0.3, 0.4) is 0 Å². The molecule has 0 aliphatic heterocycles. The van der Waals surface area contributed by atoms with E-state index in [4.69, 9.17) is 0 Å². The van der Waals surface area contributed by atoms with E-state index in [1.165, 1.54) is 31.0 Å². The first-order valence-electron chi connectivity index (χ1n) is 7.99. The molecule has 0 aromatic carbocycles. The van der Waals surface area contributed by atoms with Gasteiger partial charge in [-0.25, -0.2) is 4.68 Å². The first-order valence-corrected chi connectivity index (χ1v) is 8.87. The van der Waals surface area contributed by atoms with E-state index < -0.39 is 0 Å². The molecule has 0 radical (unpaired) electrons. The van der Waals surface area contributed by atoms with Crippen LogP contribution in [0.5, 0.6) is 0 Å². The van der Waals surface area contributed by atoms with Gasteiger partial charge in [-0.05, 0) is 73.6 Å². The first kappa shape index (κ1) is 13.7. The molecule has 0 spiro atoms. The van der Waals surface area contributed by atoms with Gasteiger partial charge in [0.05, 0.1) is 5.25 Å². The zero-order valence-electron chi connectivity index (χ0n) is 12.7. The predicted molar refractivity (Wildman–Crippen MR) is 79.7 cm³/mol. The molecule has 0 N–H and O–H groups in total. The van der Waals surface area contributed by atoms with Gasteiger partial charge in [-0.15, -0.1) is 5.10 Å². The second kappa shape index (κ2) is 4.80. The van der Waals surface area contributed by atoms with Gasteiger partial charge in [0, 0.05) is 12.5 Å². The third-order valence-corrected chi connectivity index (χ3v) is 6.92. The van der Waals surface area contributed by atoms with E-state index in [0.29, 0.717) is 5.78 Å². The van der Waals surface area contributed by atoms with Crippen molar-refractivity contribution in [3.63, 3.8) is 0 Å². The summed E-state index contributed by atoms with van der Waals surface area (Å²) in [7, 11) is 1.82. The Hall–Kier alpha value is -0.910. The number of aryl methyl sites for hydroxylation is 1. The van der Waals surface area contributed by atoms with Gasteiger partial charge in [0.1, 0.15) is 0 Å². The molecule has 21 heavy (non-hydrogen) atoms. The van der Waals surface area contributed by atoms with Crippen LogP contribution in [0.25, 0.3) is 0 Å². The number of hydrogen-bond donors (Lipinski definition) is 0. The number of ketones is 1. The highest BCUT2D eigenvalue weighted by Gasteiger charge is 2.55. The lowest BCUT2D eigenvalue weighted by molar-refractivity contribution is -0.142. The third kappa shape index (κ3) is 2.22. The van der Waals surface area contributed by atoms with E-state index in [9.17, 15) is 4.79 Å². The van der Waals surface area contributed by atoms with Gasteiger partial charge in [0.2, 0.25) is 5.16 Å². The summed E-state index contributed by atoms with van der Waals surface area (Å²) in [6, 6.07) is 0. The van der Waals surface area contributed by atoms with Crippen molar-refractivity contribution in [1.29, 1.82) is 0 Å². The van der Waals surface area contributed by atoms with Crippen LogP contribution < -0.4 is 0 Å². The summed E-state index contributed by atoms with van der Waals surface area (Å²) in [5.74, 6) is 2.89. The summed E-state index contributed by atoms with van der Waals surface area (Å²) < 4.78 is 1.65. The fraction of sp³-hybridized carbons (Fsp3) is 0.867. The van der Waals surface area contributed by atoms with Gasteiger partial charge >= 0.3 is 0 Å². The molecule has 114 valence electrons. The maximum atomic E-state index is 13.1. The standard InChI is InChI=1S/C15H22N4OS/c1-9(21-14-16-17-18-19(14)2)13(20)15-6-10-3-11(7-15)5-12(4-10)8-15/h9-12H,3-8H2,1-2H3. The Balaban J connectivity index is 1.53. The maximum absolute atomic E-state index is 13.1. The molecule has 1 atom stereocenters. The van der Waals surface area contributed by atoms with E-state index in [-0.39, 0.29) is 10.7 Å². The molecule has 0 amide bonds. The van der Waals surface area contributed by atoms with Gasteiger partial charge in [-0.3, -0.25) is 4.79 Å². The van der Waals surface area contributed by atoms with Gasteiger partial charge < -0.3 is 0 Å². The summed E-state index contributed by atoms with van der Waals surface area (Å²) in [6.07, 6.45) is 7.54. The number of Topliss-reactive ketones (excluding diaryl/α,β-unsaturated/α-hetero) is 1. The number of nitrogens with zero attached hydrogens (tertiary/aromatic N) is 4. The summed E-state index contributed by atoms with van der Waals surface area (Å²) >= 11 is 1.51. The molecule has 0 saturated heterocycles. The average molecular weight is 306 g/mol. The van der Waals surface area contributed by atoms with E-state index >= 15 is 0 Å². The van der Waals surface area contributed by atoms with Crippen LogP contribution in [0, 0.1) is 23.2 Å². The number of carbonyl (C=O) groups excluding carboxylic acids is 1. The number of carbonyl (C=O) groups is 1. The van der Waals surface area contributed by atoms with Gasteiger partial charge in [-0.2, -0.15) is 0 Å². The number of rotatable bonds is 4. The van der Waals surface area contributed by atoms with E-state index in [0.717, 1.165) is 42.2 Å². The Bertz CT molecular complexity index is 534. The minimum atomic E-state index is -0.0500. The van der Waals surface area contributed by atoms with Crippen molar-refractivity contribution in [3.05, 3.63) is 0 Å². The fourth-order valence-electron chi connectivity index (χ4n) is 5.38. The Morgan fingerprint density at radius 1 is 1.24 bits per heavy atom. The first-order chi connectivity index (χ1) is 10.1. The fourth-order valence-corrected chi connectivity index (χ4v) is 6.32. The second-order valence-corrected chi connectivity index (χ2v) is 8.72. The summed E-state index contributed by atoms with van der Waals surface area (Å²) in [4.78, 5) is 13.1. The Kier molecular flexibility index (Phi) is 3.14. The lowest BCUT2D eigenvalue weighted by Crippen LogP contribution is -2.51. The second-order valence-electron chi connectivity index (χ2n) is 7.41. The topological polar surface area (TPSA) is 60.7 Å². The van der Waals surface area contributed by atoms with Crippen LogP contribution in [-0.4, -0.2) is 31.2 Å². The van der Waals surface area contributed by atoms with Crippen LogP contribution in [-0.2, 0) is 11.8 Å². The number of tetrazole rings is 1. The van der Waals surface area contributed by atoms with Gasteiger partial charge in [-0.1, -0.05) is 11.8 Å². The van der Waals surface area contributed by atoms with Gasteiger partial charge in [0.15, 0.2) is 5.78 Å². The minimum Gasteiger partial charge on any atom is -0.298 e. The molecule has 1 unspecified atom stereocenters. The molecule has 4 aliphatic carbocycles. The van der Waals surface area contributed by atoms with Crippen LogP contribution in [0.4, 0.5) is 0 Å².